The van der Waals surface area contributed by atoms with Crippen LogP contribution in [0.15, 0.2) is 53.4 Å². The molecule has 0 spiro atoms. The minimum atomic E-state index is -1.67. The molecule has 0 saturated carbocycles. The fourth-order valence-electron chi connectivity index (χ4n) is 4.13. The van der Waals surface area contributed by atoms with Crippen LogP contribution in [0.4, 0.5) is 0 Å². The highest BCUT2D eigenvalue weighted by molar-refractivity contribution is 7.94. The smallest absolute Gasteiger partial charge is 0.326 e. The van der Waals surface area contributed by atoms with Crippen molar-refractivity contribution < 1.29 is 44.1 Å². The lowest BCUT2D eigenvalue weighted by Crippen LogP contribution is -2.42. The Kier molecular flexibility index (Phi) is 8.92. The summed E-state index contributed by atoms with van der Waals surface area (Å²) in [6.07, 6.45) is -1.25. The minimum Gasteiger partial charge on any atom is -0.507 e. The van der Waals surface area contributed by atoms with Crippen molar-refractivity contribution in [3.05, 3.63) is 59.7 Å². The second-order valence-corrected chi connectivity index (χ2v) is 9.70. The second-order valence-electron chi connectivity index (χ2n) is 8.93. The molecular weight excluding hydrogens is 572 g/mol. The Hall–Kier alpha value is -5.16. The number of carbonyl (C=O) groups excluding carboxylic acids is 1. The van der Waals surface area contributed by atoms with E-state index in [4.69, 9.17) is 22.1 Å². The molecule has 4 aromatic rings. The van der Waals surface area contributed by atoms with Gasteiger partial charge in [-0.15, -0.1) is 9.32 Å². The molecule has 1 unspecified atom stereocenters. The number of fused-ring (bicyclic) bond motifs is 1. The van der Waals surface area contributed by atoms with Crippen LogP contribution in [0.5, 0.6) is 11.5 Å². The summed E-state index contributed by atoms with van der Waals surface area (Å²) in [5.41, 5.74) is 7.58. The van der Waals surface area contributed by atoms with Gasteiger partial charge in [0.1, 0.15) is 29.2 Å². The standard InChI is InChI=1S/C26H24N6O9S/c27-24(28)12-1-3-17-18(8-12)32-25(31-17)16-6-11(7-21(34)30-19(26(38)39)10-22(35)36)5-15(23(16)37)14-9-13(42-41-40-29)2-4-20(14)33/h1-6,8-9,19,33,37H,7,10,29H2,(H3,27,28)(H,30,34)(H,31,32)(H,35,36)(H,38,39). The molecule has 1 aromatic heterocycles. The van der Waals surface area contributed by atoms with Crippen LogP contribution in [0.3, 0.4) is 0 Å². The molecule has 0 aliphatic rings. The van der Waals surface area contributed by atoms with Crippen molar-refractivity contribution in [2.45, 2.75) is 23.8 Å². The van der Waals surface area contributed by atoms with Crippen LogP contribution in [-0.4, -0.2) is 60.1 Å². The third-order valence-electron chi connectivity index (χ3n) is 6.02. The van der Waals surface area contributed by atoms with E-state index >= 15 is 0 Å². The molecule has 0 bridgehead atoms. The van der Waals surface area contributed by atoms with Crippen LogP contribution in [0, 0.1) is 5.41 Å². The summed E-state index contributed by atoms with van der Waals surface area (Å²) in [7, 11) is 0. The fraction of sp³-hybridized carbons (Fsp3) is 0.115. The number of nitrogens with one attached hydrogen (secondary N) is 3. The molecule has 1 atom stereocenters. The molecule has 16 heteroatoms. The lowest BCUT2D eigenvalue weighted by atomic mass is 9.95. The van der Waals surface area contributed by atoms with Gasteiger partial charge in [-0.2, -0.15) is 5.90 Å². The molecule has 1 amide bonds. The van der Waals surface area contributed by atoms with Gasteiger partial charge in [-0.05, 0) is 54.1 Å². The van der Waals surface area contributed by atoms with E-state index < -0.39 is 36.7 Å². The van der Waals surface area contributed by atoms with E-state index in [-0.39, 0.29) is 45.4 Å². The number of phenols is 2. The highest BCUT2D eigenvalue weighted by atomic mass is 32.2. The first-order valence-electron chi connectivity index (χ1n) is 11.9. The number of aliphatic carboxylic acids is 2. The summed E-state index contributed by atoms with van der Waals surface area (Å²) in [5.74, 6) is 0.608. The van der Waals surface area contributed by atoms with Crippen LogP contribution in [0.25, 0.3) is 33.5 Å². The SMILES string of the molecule is N=C(N)c1ccc2[nH]c(-c3cc(CC(=O)NC(CC(=O)O)C(=O)O)cc(-c4cc(SOON)ccc4O)c3O)nc2c1. The summed E-state index contributed by atoms with van der Waals surface area (Å²) in [4.78, 5) is 47.3. The number of hydrogen-bond acceptors (Lipinski definition) is 11. The Morgan fingerprint density at radius 3 is 2.45 bits per heavy atom. The third-order valence-corrected chi connectivity index (χ3v) is 6.62. The third kappa shape index (κ3) is 6.76. The molecule has 0 aliphatic carbocycles. The van der Waals surface area contributed by atoms with Crippen LogP contribution >= 0.6 is 12.0 Å². The number of aromatic amines is 1. The first-order valence-corrected chi connectivity index (χ1v) is 12.7. The van der Waals surface area contributed by atoms with E-state index in [0.717, 1.165) is 12.0 Å². The first-order chi connectivity index (χ1) is 20.0. The fourth-order valence-corrected chi connectivity index (χ4v) is 4.54. The monoisotopic (exact) mass is 596 g/mol. The van der Waals surface area contributed by atoms with Gasteiger partial charge in [0.2, 0.25) is 5.91 Å². The Morgan fingerprint density at radius 1 is 1.05 bits per heavy atom. The zero-order valence-electron chi connectivity index (χ0n) is 21.5. The molecule has 0 aliphatic heterocycles. The summed E-state index contributed by atoms with van der Waals surface area (Å²) in [6.45, 7) is 0. The maximum absolute atomic E-state index is 12.8. The number of imidazole rings is 1. The summed E-state index contributed by atoms with van der Waals surface area (Å²) in [5, 5.41) is 50.2. The Bertz CT molecular complexity index is 1710. The van der Waals surface area contributed by atoms with Gasteiger partial charge in [-0.25, -0.2) is 9.78 Å². The topological polar surface area (TPSA) is 267 Å². The van der Waals surface area contributed by atoms with E-state index in [1.54, 1.807) is 18.2 Å². The number of amidine groups is 1. The first kappa shape index (κ1) is 29.8. The molecule has 1 heterocycles. The van der Waals surface area contributed by atoms with E-state index in [9.17, 15) is 29.7 Å². The molecule has 4 rings (SSSR count). The average molecular weight is 597 g/mol. The number of benzene rings is 3. The number of carbonyl (C=O) groups is 3. The number of nitrogens with two attached hydrogens (primary N) is 2. The van der Waals surface area contributed by atoms with Gasteiger partial charge in [0.05, 0.1) is 41.5 Å². The van der Waals surface area contributed by atoms with Crippen molar-refractivity contribution >= 4 is 46.8 Å². The van der Waals surface area contributed by atoms with E-state index in [0.29, 0.717) is 21.5 Å². The molecule has 15 nitrogen and oxygen atoms in total. The molecule has 0 saturated heterocycles. The quantitative estimate of drug-likeness (QED) is 0.0373. The van der Waals surface area contributed by atoms with Gasteiger partial charge in [0.25, 0.3) is 0 Å². The maximum atomic E-state index is 12.8. The number of nitrogen functional groups attached to an aromatic ring is 1. The predicted molar refractivity (Wildman–Crippen MR) is 149 cm³/mol. The summed E-state index contributed by atoms with van der Waals surface area (Å²) in [6, 6.07) is 10.3. The molecular formula is C26H24N6O9S. The number of H-pyrrole nitrogens is 1. The number of phenolic OH excluding ortho intramolecular Hbond substituents is 2. The molecule has 218 valence electrons. The number of aromatic nitrogens is 2. The van der Waals surface area contributed by atoms with Crippen molar-refractivity contribution in [3.63, 3.8) is 0 Å². The number of nitrogens with zero attached hydrogens (tertiary/aromatic N) is 1. The number of amides is 1. The predicted octanol–water partition coefficient (Wildman–Crippen LogP) is 2.01. The summed E-state index contributed by atoms with van der Waals surface area (Å²) < 4.78 is 4.66. The van der Waals surface area contributed by atoms with Crippen LogP contribution < -0.4 is 16.9 Å². The molecule has 0 fully saturated rings. The molecule has 42 heavy (non-hydrogen) atoms. The van der Waals surface area contributed by atoms with Gasteiger partial charge in [-0.3, -0.25) is 15.0 Å². The highest BCUT2D eigenvalue weighted by Crippen LogP contribution is 2.43. The minimum absolute atomic E-state index is 0.0779. The Labute approximate surface area is 240 Å². The Balaban J connectivity index is 1.82. The van der Waals surface area contributed by atoms with Gasteiger partial charge < -0.3 is 36.5 Å². The van der Waals surface area contributed by atoms with Crippen molar-refractivity contribution in [1.29, 1.82) is 5.41 Å². The summed E-state index contributed by atoms with van der Waals surface area (Å²) >= 11 is 0.726. The lowest BCUT2D eigenvalue weighted by molar-refractivity contribution is -0.195. The molecule has 11 N–H and O–H groups in total. The number of aromatic hydroxyl groups is 2. The van der Waals surface area contributed by atoms with Crippen molar-refractivity contribution in [3.8, 4) is 34.0 Å². The normalized spacial score (nSPS) is 11.7. The van der Waals surface area contributed by atoms with E-state index in [2.05, 4.69) is 24.6 Å². The molecule has 3 aromatic carbocycles. The van der Waals surface area contributed by atoms with Gasteiger partial charge in [0.15, 0.2) is 0 Å². The van der Waals surface area contributed by atoms with Gasteiger partial charge in [-0.1, -0.05) is 0 Å². The van der Waals surface area contributed by atoms with Crippen molar-refractivity contribution in [2.75, 3.05) is 0 Å². The van der Waals surface area contributed by atoms with Crippen molar-refractivity contribution in [2.24, 2.45) is 11.6 Å². The second kappa shape index (κ2) is 12.6. The van der Waals surface area contributed by atoms with Gasteiger partial charge in [0, 0.05) is 21.6 Å². The zero-order chi connectivity index (χ0) is 30.6. The number of hydrogen-bond donors (Lipinski definition) is 9. The van der Waals surface area contributed by atoms with Gasteiger partial charge >= 0.3 is 11.9 Å². The van der Waals surface area contributed by atoms with Crippen molar-refractivity contribution in [1.82, 2.24) is 15.3 Å². The largest absolute Gasteiger partial charge is 0.507 e. The molecule has 0 radical (unpaired) electrons. The van der Waals surface area contributed by atoms with Crippen LogP contribution in [-0.2, 0) is 30.1 Å². The lowest BCUT2D eigenvalue weighted by Gasteiger charge is -2.16. The Morgan fingerprint density at radius 2 is 1.79 bits per heavy atom. The average Bonchev–Trinajstić information content (AvgIpc) is 3.36. The van der Waals surface area contributed by atoms with E-state index in [1.165, 1.54) is 30.3 Å². The number of carboxylic acids is 2. The number of rotatable bonds is 12. The van der Waals surface area contributed by atoms with E-state index in [1.807, 2.05) is 0 Å². The number of carboxylic acid groups (broad SMARTS) is 2. The maximum Gasteiger partial charge on any atom is 0.326 e. The highest BCUT2D eigenvalue weighted by Gasteiger charge is 2.24. The van der Waals surface area contributed by atoms with Crippen LogP contribution in [0.1, 0.15) is 17.5 Å². The van der Waals surface area contributed by atoms with Crippen LogP contribution in [0.2, 0.25) is 0 Å². The zero-order valence-corrected chi connectivity index (χ0v) is 22.3.